The average molecular weight is 299 g/mol. The van der Waals surface area contributed by atoms with Crippen molar-refractivity contribution in [2.45, 2.75) is 24.6 Å². The van der Waals surface area contributed by atoms with Crippen molar-refractivity contribution in [1.29, 1.82) is 0 Å². The van der Waals surface area contributed by atoms with Crippen LogP contribution in [0.5, 0.6) is 5.75 Å². The first-order valence-electron chi connectivity index (χ1n) is 6.18. The van der Waals surface area contributed by atoms with Gasteiger partial charge in [0.05, 0.1) is 7.11 Å². The van der Waals surface area contributed by atoms with Crippen molar-refractivity contribution in [1.82, 2.24) is 20.2 Å². The van der Waals surface area contributed by atoms with Crippen LogP contribution in [0.4, 0.5) is 18.9 Å². The summed E-state index contributed by atoms with van der Waals surface area (Å²) in [5.41, 5.74) is 4.40. The molecule has 112 valence electrons. The molecular formula is C12H12F3N5O. The minimum absolute atomic E-state index is 0.0128. The van der Waals surface area contributed by atoms with Crippen LogP contribution in [0.25, 0.3) is 11.4 Å². The predicted octanol–water partition coefficient (Wildman–Crippen LogP) is 1.98. The zero-order valence-corrected chi connectivity index (χ0v) is 11.1. The fourth-order valence-electron chi connectivity index (χ4n) is 2.23. The molecule has 1 aliphatic rings. The molecule has 1 aliphatic carbocycles. The Labute approximate surface area is 117 Å². The number of rotatable bonds is 3. The van der Waals surface area contributed by atoms with Crippen LogP contribution < -0.4 is 10.5 Å². The van der Waals surface area contributed by atoms with Crippen molar-refractivity contribution in [3.05, 3.63) is 18.2 Å². The van der Waals surface area contributed by atoms with E-state index in [9.17, 15) is 13.2 Å². The Hall–Kier alpha value is -2.32. The van der Waals surface area contributed by atoms with E-state index in [0.717, 1.165) is 4.68 Å². The quantitative estimate of drug-likeness (QED) is 0.877. The second-order valence-electron chi connectivity index (χ2n) is 4.90. The van der Waals surface area contributed by atoms with Crippen LogP contribution in [0.1, 0.15) is 12.8 Å². The fourth-order valence-corrected chi connectivity index (χ4v) is 2.23. The summed E-state index contributed by atoms with van der Waals surface area (Å²) in [6, 6.07) is 4.67. The van der Waals surface area contributed by atoms with Gasteiger partial charge in [-0.1, -0.05) is 0 Å². The van der Waals surface area contributed by atoms with Gasteiger partial charge in [0.2, 0.25) is 0 Å². The molecule has 2 aromatic rings. The van der Waals surface area contributed by atoms with Gasteiger partial charge < -0.3 is 10.5 Å². The molecule has 1 aromatic heterocycles. The monoisotopic (exact) mass is 299 g/mol. The lowest BCUT2D eigenvalue weighted by molar-refractivity contribution is -0.182. The van der Waals surface area contributed by atoms with Gasteiger partial charge >= 0.3 is 6.18 Å². The molecule has 1 aromatic carbocycles. The number of methoxy groups -OCH3 is 1. The number of hydrogen-bond donors (Lipinski definition) is 1. The van der Waals surface area contributed by atoms with Crippen molar-refractivity contribution in [3.8, 4) is 17.1 Å². The molecule has 0 amide bonds. The highest BCUT2D eigenvalue weighted by Crippen LogP contribution is 2.56. The number of tetrazole rings is 1. The first kappa shape index (κ1) is 13.7. The van der Waals surface area contributed by atoms with Crippen molar-refractivity contribution in [3.63, 3.8) is 0 Å². The smallest absolute Gasteiger partial charge is 0.413 e. The third-order valence-electron chi connectivity index (χ3n) is 3.63. The van der Waals surface area contributed by atoms with E-state index in [2.05, 4.69) is 15.5 Å². The number of aromatic nitrogens is 4. The van der Waals surface area contributed by atoms with Crippen LogP contribution in [0.3, 0.4) is 0 Å². The van der Waals surface area contributed by atoms with E-state index >= 15 is 0 Å². The van der Waals surface area contributed by atoms with Gasteiger partial charge in [-0.25, -0.2) is 4.68 Å². The lowest BCUT2D eigenvalue weighted by Crippen LogP contribution is -2.36. The van der Waals surface area contributed by atoms with Crippen LogP contribution in [0.15, 0.2) is 18.2 Å². The van der Waals surface area contributed by atoms with E-state index in [1.807, 2.05) is 0 Å². The summed E-state index contributed by atoms with van der Waals surface area (Å²) in [5.74, 6) is 0.451. The van der Waals surface area contributed by atoms with E-state index in [0.29, 0.717) is 11.3 Å². The summed E-state index contributed by atoms with van der Waals surface area (Å²) in [5, 5.41) is 10.6. The lowest BCUT2D eigenvalue weighted by atomic mass is 10.1. The average Bonchev–Trinajstić information content (AvgIpc) is 3.12. The molecule has 0 radical (unpaired) electrons. The Bertz CT molecular complexity index is 678. The molecule has 0 spiro atoms. The highest BCUT2D eigenvalue weighted by Gasteiger charge is 2.66. The molecule has 3 rings (SSSR count). The maximum atomic E-state index is 13.2. The fraction of sp³-hybridized carbons (Fsp3) is 0.417. The number of nitrogens with zero attached hydrogens (tertiary/aromatic N) is 4. The standard InChI is InChI=1S/C12H12F3N5O/c1-21-7-2-3-9(16)8(6-7)10-17-18-19-20(10)11(4-5-11)12(13,14)15/h2-3,6H,4-5,16H2,1H3. The minimum atomic E-state index is -4.41. The van der Waals surface area contributed by atoms with Crippen molar-refractivity contribution in [2.75, 3.05) is 12.8 Å². The number of hydrogen-bond acceptors (Lipinski definition) is 5. The maximum absolute atomic E-state index is 13.2. The molecule has 9 heteroatoms. The molecule has 1 fully saturated rings. The van der Waals surface area contributed by atoms with Crippen LogP contribution >= 0.6 is 0 Å². The number of alkyl halides is 3. The lowest BCUT2D eigenvalue weighted by Gasteiger charge is -2.20. The van der Waals surface area contributed by atoms with Gasteiger partial charge in [0.25, 0.3) is 0 Å². The molecule has 0 atom stereocenters. The molecule has 1 heterocycles. The number of nitrogen functional groups attached to an aromatic ring is 1. The van der Waals surface area contributed by atoms with E-state index < -0.39 is 11.7 Å². The van der Waals surface area contributed by atoms with Gasteiger partial charge in [-0.3, -0.25) is 0 Å². The molecule has 0 saturated heterocycles. The second kappa shape index (κ2) is 4.34. The summed E-state index contributed by atoms with van der Waals surface area (Å²) < 4.78 is 45.6. The highest BCUT2D eigenvalue weighted by molar-refractivity contribution is 5.73. The van der Waals surface area contributed by atoms with Gasteiger partial charge in [0.1, 0.15) is 5.75 Å². The SMILES string of the molecule is COc1ccc(N)c(-c2nnnn2C2(C(F)(F)F)CC2)c1. The van der Waals surface area contributed by atoms with Crippen molar-refractivity contribution in [2.24, 2.45) is 0 Å². The number of benzene rings is 1. The second-order valence-corrected chi connectivity index (χ2v) is 4.90. The first-order valence-corrected chi connectivity index (χ1v) is 6.18. The van der Waals surface area contributed by atoms with Crippen molar-refractivity contribution >= 4 is 5.69 Å². The molecule has 0 unspecified atom stereocenters. The van der Waals surface area contributed by atoms with Crippen LogP contribution in [0, 0.1) is 0 Å². The number of halogens is 3. The first-order chi connectivity index (χ1) is 9.89. The Kier molecular flexibility index (Phi) is 2.82. The van der Waals surface area contributed by atoms with E-state index in [4.69, 9.17) is 10.5 Å². The van der Waals surface area contributed by atoms with Gasteiger partial charge in [0.15, 0.2) is 11.4 Å². The van der Waals surface area contributed by atoms with Gasteiger partial charge in [-0.05, 0) is 41.5 Å². The number of anilines is 1. The van der Waals surface area contributed by atoms with Crippen LogP contribution in [-0.2, 0) is 5.54 Å². The largest absolute Gasteiger partial charge is 0.497 e. The third kappa shape index (κ3) is 1.99. The molecule has 21 heavy (non-hydrogen) atoms. The molecule has 2 N–H and O–H groups in total. The summed E-state index contributed by atoms with van der Waals surface area (Å²) in [6.07, 6.45) is -4.50. The van der Waals surface area contributed by atoms with E-state index in [1.165, 1.54) is 13.2 Å². The molecule has 0 aliphatic heterocycles. The normalized spacial score (nSPS) is 16.8. The maximum Gasteiger partial charge on any atom is 0.413 e. The third-order valence-corrected chi connectivity index (χ3v) is 3.63. The number of nitrogens with two attached hydrogens (primary N) is 1. The van der Waals surface area contributed by atoms with Gasteiger partial charge in [0, 0.05) is 11.3 Å². The highest BCUT2D eigenvalue weighted by atomic mass is 19.4. The summed E-state index contributed by atoms with van der Waals surface area (Å²) in [7, 11) is 1.45. The zero-order valence-electron chi connectivity index (χ0n) is 11.1. The van der Waals surface area contributed by atoms with E-state index in [1.54, 1.807) is 12.1 Å². The molecule has 0 bridgehead atoms. The number of ether oxygens (including phenoxy) is 1. The van der Waals surface area contributed by atoms with Crippen molar-refractivity contribution < 1.29 is 17.9 Å². The van der Waals surface area contributed by atoms with Gasteiger partial charge in [-0.15, -0.1) is 5.10 Å². The zero-order chi connectivity index (χ0) is 15.3. The topological polar surface area (TPSA) is 78.8 Å². The minimum Gasteiger partial charge on any atom is -0.497 e. The predicted molar refractivity (Wildman–Crippen MR) is 67.5 cm³/mol. The summed E-state index contributed by atoms with van der Waals surface area (Å²) in [6.45, 7) is 0. The molecular weight excluding hydrogens is 287 g/mol. The van der Waals surface area contributed by atoms with Crippen LogP contribution in [0.2, 0.25) is 0 Å². The summed E-state index contributed by atoms with van der Waals surface area (Å²) >= 11 is 0. The Balaban J connectivity index is 2.13. The Morgan fingerprint density at radius 1 is 1.33 bits per heavy atom. The molecule has 6 nitrogen and oxygen atoms in total. The van der Waals surface area contributed by atoms with Crippen LogP contribution in [-0.4, -0.2) is 33.5 Å². The Morgan fingerprint density at radius 2 is 2.05 bits per heavy atom. The van der Waals surface area contributed by atoms with Gasteiger partial charge in [-0.2, -0.15) is 13.2 Å². The Morgan fingerprint density at radius 3 is 2.62 bits per heavy atom. The summed E-state index contributed by atoms with van der Waals surface area (Å²) in [4.78, 5) is 0. The van der Waals surface area contributed by atoms with E-state index in [-0.39, 0.29) is 24.4 Å². The molecule has 1 saturated carbocycles.